The van der Waals surface area contributed by atoms with Gasteiger partial charge in [0.15, 0.2) is 0 Å². The summed E-state index contributed by atoms with van der Waals surface area (Å²) in [5, 5.41) is 0.621. The van der Waals surface area contributed by atoms with Crippen LogP contribution in [0.5, 0.6) is 0 Å². The van der Waals surface area contributed by atoms with Gasteiger partial charge in [0.05, 0.1) is 17.2 Å². The molecule has 0 spiro atoms. The predicted octanol–water partition coefficient (Wildman–Crippen LogP) is 2.10. The van der Waals surface area contributed by atoms with Crippen molar-refractivity contribution in [2.75, 3.05) is 0 Å². The Morgan fingerprint density at radius 2 is 1.75 bits per heavy atom. The standard InChI is InChI=1S/C16H15N3O/c17-14(12-6-2-1-3-7-12)10-19-11-18-15-9-5-4-8-13(15)16(19)20/h1-9,11,14H,10,17H2. The Balaban J connectivity index is 1.96. The fraction of sp³-hybridized carbons (Fsp3) is 0.125. The first kappa shape index (κ1) is 12.6. The van der Waals surface area contributed by atoms with Crippen LogP contribution in [0, 0.1) is 0 Å². The van der Waals surface area contributed by atoms with E-state index in [1.165, 1.54) is 0 Å². The van der Waals surface area contributed by atoms with Crippen LogP contribution >= 0.6 is 0 Å². The Morgan fingerprint density at radius 1 is 1.05 bits per heavy atom. The second kappa shape index (κ2) is 5.27. The quantitative estimate of drug-likeness (QED) is 0.789. The Labute approximate surface area is 116 Å². The van der Waals surface area contributed by atoms with Crippen LogP contribution in [0.2, 0.25) is 0 Å². The maximum absolute atomic E-state index is 12.4. The molecule has 20 heavy (non-hydrogen) atoms. The molecule has 3 rings (SSSR count). The molecule has 0 bridgehead atoms. The second-order valence-corrected chi connectivity index (χ2v) is 4.74. The van der Waals surface area contributed by atoms with E-state index in [0.717, 1.165) is 5.56 Å². The monoisotopic (exact) mass is 265 g/mol. The van der Waals surface area contributed by atoms with Gasteiger partial charge in [-0.1, -0.05) is 42.5 Å². The lowest BCUT2D eigenvalue weighted by Gasteiger charge is -2.14. The van der Waals surface area contributed by atoms with Crippen LogP contribution < -0.4 is 11.3 Å². The number of nitrogens with zero attached hydrogens (tertiary/aromatic N) is 2. The Bertz CT molecular complexity index is 780. The number of hydrogen-bond donors (Lipinski definition) is 1. The lowest BCUT2D eigenvalue weighted by molar-refractivity contribution is 0.558. The molecule has 0 saturated heterocycles. The van der Waals surface area contributed by atoms with Crippen molar-refractivity contribution in [3.8, 4) is 0 Å². The molecule has 3 aromatic rings. The van der Waals surface area contributed by atoms with Crippen molar-refractivity contribution < 1.29 is 0 Å². The molecule has 1 unspecified atom stereocenters. The summed E-state index contributed by atoms with van der Waals surface area (Å²) >= 11 is 0. The summed E-state index contributed by atoms with van der Waals surface area (Å²) in [5.74, 6) is 0. The van der Waals surface area contributed by atoms with Crippen molar-refractivity contribution in [3.63, 3.8) is 0 Å². The number of nitrogens with two attached hydrogens (primary N) is 1. The summed E-state index contributed by atoms with van der Waals surface area (Å²) in [5.41, 5.74) is 7.82. The minimum Gasteiger partial charge on any atom is -0.322 e. The van der Waals surface area contributed by atoms with E-state index in [9.17, 15) is 4.79 Å². The molecule has 0 aliphatic heterocycles. The van der Waals surface area contributed by atoms with Crippen molar-refractivity contribution in [1.29, 1.82) is 0 Å². The number of benzene rings is 2. The third-order valence-corrected chi connectivity index (χ3v) is 3.35. The van der Waals surface area contributed by atoms with E-state index in [-0.39, 0.29) is 11.6 Å². The Hall–Kier alpha value is -2.46. The maximum atomic E-state index is 12.4. The summed E-state index contributed by atoms with van der Waals surface area (Å²) in [4.78, 5) is 16.7. The number of fused-ring (bicyclic) bond motifs is 1. The van der Waals surface area contributed by atoms with Gasteiger partial charge in [0.25, 0.3) is 5.56 Å². The highest BCUT2D eigenvalue weighted by molar-refractivity contribution is 5.76. The third-order valence-electron chi connectivity index (χ3n) is 3.35. The van der Waals surface area contributed by atoms with Gasteiger partial charge in [0, 0.05) is 12.6 Å². The molecule has 1 atom stereocenters. The molecule has 0 aliphatic carbocycles. The number of hydrogen-bond acceptors (Lipinski definition) is 3. The van der Waals surface area contributed by atoms with Crippen molar-refractivity contribution in [2.45, 2.75) is 12.6 Å². The highest BCUT2D eigenvalue weighted by atomic mass is 16.1. The van der Waals surface area contributed by atoms with Crippen LogP contribution in [-0.2, 0) is 6.54 Å². The van der Waals surface area contributed by atoms with Gasteiger partial charge in [-0.2, -0.15) is 0 Å². The average molecular weight is 265 g/mol. The summed E-state index contributed by atoms with van der Waals surface area (Å²) in [6, 6.07) is 16.9. The van der Waals surface area contributed by atoms with E-state index in [4.69, 9.17) is 5.73 Å². The number of para-hydroxylation sites is 1. The normalized spacial score (nSPS) is 12.4. The molecule has 0 amide bonds. The molecular formula is C16H15N3O. The van der Waals surface area contributed by atoms with Gasteiger partial charge in [0.1, 0.15) is 0 Å². The van der Waals surface area contributed by atoms with Crippen molar-refractivity contribution in [1.82, 2.24) is 9.55 Å². The number of aromatic nitrogens is 2. The van der Waals surface area contributed by atoms with Crippen molar-refractivity contribution >= 4 is 10.9 Å². The Morgan fingerprint density at radius 3 is 2.55 bits per heavy atom. The zero-order valence-corrected chi connectivity index (χ0v) is 10.9. The predicted molar refractivity (Wildman–Crippen MR) is 79.4 cm³/mol. The van der Waals surface area contributed by atoms with E-state index in [2.05, 4.69) is 4.98 Å². The summed E-state index contributed by atoms with van der Waals surface area (Å²) in [6.45, 7) is 0.417. The van der Waals surface area contributed by atoms with Gasteiger partial charge in [0.2, 0.25) is 0 Å². The second-order valence-electron chi connectivity index (χ2n) is 4.74. The summed E-state index contributed by atoms with van der Waals surface area (Å²) in [6.07, 6.45) is 1.56. The van der Waals surface area contributed by atoms with Crippen LogP contribution in [0.4, 0.5) is 0 Å². The lowest BCUT2D eigenvalue weighted by atomic mass is 10.1. The van der Waals surface area contributed by atoms with Crippen LogP contribution in [-0.4, -0.2) is 9.55 Å². The van der Waals surface area contributed by atoms with Gasteiger partial charge in [-0.25, -0.2) is 4.98 Å². The lowest BCUT2D eigenvalue weighted by Crippen LogP contribution is -2.27. The fourth-order valence-electron chi connectivity index (χ4n) is 2.25. The SMILES string of the molecule is NC(Cn1cnc2ccccc2c1=O)c1ccccc1. The van der Waals surface area contributed by atoms with Gasteiger partial charge in [-0.05, 0) is 17.7 Å². The zero-order chi connectivity index (χ0) is 13.9. The van der Waals surface area contributed by atoms with Crippen LogP contribution in [0.25, 0.3) is 10.9 Å². The molecule has 100 valence electrons. The first-order chi connectivity index (χ1) is 9.75. The highest BCUT2D eigenvalue weighted by Crippen LogP contribution is 2.12. The third kappa shape index (κ3) is 2.33. The van der Waals surface area contributed by atoms with Crippen LogP contribution in [0.1, 0.15) is 11.6 Å². The first-order valence-electron chi connectivity index (χ1n) is 6.50. The molecule has 1 aromatic heterocycles. The fourth-order valence-corrected chi connectivity index (χ4v) is 2.25. The molecule has 2 N–H and O–H groups in total. The zero-order valence-electron chi connectivity index (χ0n) is 10.9. The Kier molecular flexibility index (Phi) is 3.31. The van der Waals surface area contributed by atoms with Crippen LogP contribution in [0.15, 0.2) is 65.7 Å². The number of rotatable bonds is 3. The molecule has 4 heteroatoms. The summed E-state index contributed by atoms with van der Waals surface area (Å²) in [7, 11) is 0. The molecule has 4 nitrogen and oxygen atoms in total. The average Bonchev–Trinajstić information content (AvgIpc) is 2.51. The van der Waals surface area contributed by atoms with Gasteiger partial charge < -0.3 is 5.73 Å². The van der Waals surface area contributed by atoms with Gasteiger partial charge in [-0.15, -0.1) is 0 Å². The van der Waals surface area contributed by atoms with E-state index in [1.807, 2.05) is 48.5 Å². The molecule has 2 aromatic carbocycles. The first-order valence-corrected chi connectivity index (χ1v) is 6.50. The van der Waals surface area contributed by atoms with Crippen molar-refractivity contribution in [2.24, 2.45) is 5.73 Å². The van der Waals surface area contributed by atoms with E-state index >= 15 is 0 Å². The largest absolute Gasteiger partial charge is 0.322 e. The molecule has 0 fully saturated rings. The van der Waals surface area contributed by atoms with E-state index in [1.54, 1.807) is 17.0 Å². The van der Waals surface area contributed by atoms with Crippen LogP contribution in [0.3, 0.4) is 0 Å². The minimum absolute atomic E-state index is 0.0537. The maximum Gasteiger partial charge on any atom is 0.261 e. The van der Waals surface area contributed by atoms with Gasteiger partial charge in [-0.3, -0.25) is 9.36 Å². The minimum atomic E-state index is -0.225. The molecule has 0 aliphatic rings. The topological polar surface area (TPSA) is 60.9 Å². The van der Waals surface area contributed by atoms with E-state index in [0.29, 0.717) is 17.4 Å². The van der Waals surface area contributed by atoms with E-state index < -0.39 is 0 Å². The molecular weight excluding hydrogens is 250 g/mol. The molecule has 0 radical (unpaired) electrons. The van der Waals surface area contributed by atoms with Gasteiger partial charge >= 0.3 is 0 Å². The summed E-state index contributed by atoms with van der Waals surface area (Å²) < 4.78 is 1.57. The highest BCUT2D eigenvalue weighted by Gasteiger charge is 2.09. The molecule has 1 heterocycles. The molecule has 0 saturated carbocycles. The van der Waals surface area contributed by atoms with Crippen molar-refractivity contribution in [3.05, 3.63) is 76.8 Å². The smallest absolute Gasteiger partial charge is 0.261 e.